The molecular formula is C13H10ClN3O2S. The predicted octanol–water partition coefficient (Wildman–Crippen LogP) is 2.59. The molecule has 0 radical (unpaired) electrons. The van der Waals surface area contributed by atoms with E-state index in [1.807, 2.05) is 6.07 Å². The van der Waals surface area contributed by atoms with Crippen LogP contribution in [0.5, 0.6) is 0 Å². The molecule has 0 amide bonds. The molecule has 2 rings (SSSR count). The summed E-state index contributed by atoms with van der Waals surface area (Å²) in [7, 11) is -3.82. The fourth-order valence-electron chi connectivity index (χ4n) is 1.58. The molecule has 5 nitrogen and oxygen atoms in total. The van der Waals surface area contributed by atoms with Crippen molar-refractivity contribution in [3.63, 3.8) is 0 Å². The van der Waals surface area contributed by atoms with E-state index in [0.29, 0.717) is 10.7 Å². The number of sulfonamides is 1. The minimum absolute atomic E-state index is 0.0152. The smallest absolute Gasteiger partial charge is 0.262 e. The van der Waals surface area contributed by atoms with Crippen molar-refractivity contribution in [2.75, 3.05) is 10.5 Å². The van der Waals surface area contributed by atoms with Crippen molar-refractivity contribution in [2.24, 2.45) is 0 Å². The van der Waals surface area contributed by atoms with Crippen LogP contribution in [-0.2, 0) is 10.0 Å². The van der Waals surface area contributed by atoms with Crippen molar-refractivity contribution >= 4 is 33.0 Å². The second-order valence-corrected chi connectivity index (χ2v) is 6.10. The van der Waals surface area contributed by atoms with Gasteiger partial charge >= 0.3 is 0 Å². The van der Waals surface area contributed by atoms with Crippen LogP contribution in [0, 0.1) is 11.3 Å². The van der Waals surface area contributed by atoms with Crippen LogP contribution in [0.2, 0.25) is 5.02 Å². The maximum atomic E-state index is 12.2. The Morgan fingerprint density at radius 3 is 2.60 bits per heavy atom. The first-order valence-electron chi connectivity index (χ1n) is 5.50. The van der Waals surface area contributed by atoms with E-state index in [0.717, 1.165) is 0 Å². The highest BCUT2D eigenvalue weighted by atomic mass is 35.5. The number of hydrogen-bond acceptors (Lipinski definition) is 4. The monoisotopic (exact) mass is 307 g/mol. The Balaban J connectivity index is 2.44. The maximum Gasteiger partial charge on any atom is 0.262 e. The topological polar surface area (TPSA) is 96.0 Å². The third-order valence-electron chi connectivity index (χ3n) is 2.51. The minimum atomic E-state index is -3.82. The highest BCUT2D eigenvalue weighted by molar-refractivity contribution is 7.92. The number of nitrogen functional groups attached to an aromatic ring is 1. The Morgan fingerprint density at radius 2 is 1.95 bits per heavy atom. The second kappa shape index (κ2) is 5.41. The minimum Gasteiger partial charge on any atom is -0.399 e. The van der Waals surface area contributed by atoms with E-state index < -0.39 is 10.0 Å². The van der Waals surface area contributed by atoms with E-state index in [-0.39, 0.29) is 16.1 Å². The van der Waals surface area contributed by atoms with Crippen molar-refractivity contribution in [2.45, 2.75) is 4.90 Å². The Labute approximate surface area is 121 Å². The van der Waals surface area contributed by atoms with Crippen molar-refractivity contribution in [1.29, 1.82) is 5.26 Å². The van der Waals surface area contributed by atoms with Crippen molar-refractivity contribution in [3.8, 4) is 6.07 Å². The number of hydrogen-bond donors (Lipinski definition) is 2. The zero-order valence-electron chi connectivity index (χ0n) is 10.2. The number of nitriles is 1. The number of halogens is 1. The van der Waals surface area contributed by atoms with Crippen LogP contribution in [0.15, 0.2) is 47.4 Å². The molecule has 0 heterocycles. The summed E-state index contributed by atoms with van der Waals surface area (Å²) >= 11 is 5.81. The first-order valence-corrected chi connectivity index (χ1v) is 7.36. The molecule has 0 saturated heterocycles. The summed E-state index contributed by atoms with van der Waals surface area (Å²) in [5.41, 5.74) is 6.21. The summed E-state index contributed by atoms with van der Waals surface area (Å²) in [5.74, 6) is 0. The Kier molecular flexibility index (Phi) is 3.84. The lowest BCUT2D eigenvalue weighted by molar-refractivity contribution is 0.601. The number of nitrogens with zero attached hydrogens (tertiary/aromatic N) is 1. The molecule has 0 aliphatic carbocycles. The molecule has 0 saturated carbocycles. The van der Waals surface area contributed by atoms with Gasteiger partial charge in [-0.25, -0.2) is 8.42 Å². The molecule has 0 bridgehead atoms. The normalized spacial score (nSPS) is 10.8. The highest BCUT2D eigenvalue weighted by Crippen LogP contribution is 2.24. The third kappa shape index (κ3) is 3.02. The molecule has 0 spiro atoms. The van der Waals surface area contributed by atoms with Gasteiger partial charge in [0.1, 0.15) is 6.07 Å². The number of rotatable bonds is 3. The number of anilines is 2. The van der Waals surface area contributed by atoms with Gasteiger partial charge in [0.2, 0.25) is 0 Å². The van der Waals surface area contributed by atoms with Crippen LogP contribution in [-0.4, -0.2) is 8.42 Å². The van der Waals surface area contributed by atoms with E-state index in [4.69, 9.17) is 22.6 Å². The SMILES string of the molecule is N#Cc1ccc(Cl)cc1NS(=O)(=O)c1cccc(N)c1. The summed E-state index contributed by atoms with van der Waals surface area (Å²) in [6.45, 7) is 0. The van der Waals surface area contributed by atoms with Crippen molar-refractivity contribution in [3.05, 3.63) is 53.1 Å². The molecule has 0 fully saturated rings. The van der Waals surface area contributed by atoms with Gasteiger partial charge in [-0.2, -0.15) is 5.26 Å². The van der Waals surface area contributed by atoms with Crippen LogP contribution < -0.4 is 10.5 Å². The third-order valence-corrected chi connectivity index (χ3v) is 4.11. The molecule has 102 valence electrons. The Bertz CT molecular complexity index is 798. The van der Waals surface area contributed by atoms with Gasteiger partial charge in [0.25, 0.3) is 10.0 Å². The first-order chi connectivity index (χ1) is 9.42. The zero-order valence-corrected chi connectivity index (χ0v) is 11.7. The van der Waals surface area contributed by atoms with Gasteiger partial charge < -0.3 is 5.73 Å². The molecule has 2 aromatic rings. The van der Waals surface area contributed by atoms with Crippen LogP contribution in [0.3, 0.4) is 0 Å². The van der Waals surface area contributed by atoms with Gasteiger partial charge in [0, 0.05) is 10.7 Å². The van der Waals surface area contributed by atoms with E-state index in [1.54, 1.807) is 6.07 Å². The molecule has 2 aromatic carbocycles. The van der Waals surface area contributed by atoms with Crippen molar-refractivity contribution < 1.29 is 8.42 Å². The van der Waals surface area contributed by atoms with Gasteiger partial charge in [0.15, 0.2) is 0 Å². The summed E-state index contributed by atoms with van der Waals surface area (Å²) in [6, 6.07) is 12.1. The predicted molar refractivity (Wildman–Crippen MR) is 77.8 cm³/mol. The Hall–Kier alpha value is -2.23. The highest BCUT2D eigenvalue weighted by Gasteiger charge is 2.16. The summed E-state index contributed by atoms with van der Waals surface area (Å²) < 4.78 is 26.8. The fraction of sp³-hybridized carbons (Fsp3) is 0. The van der Waals surface area contributed by atoms with Crippen LogP contribution in [0.1, 0.15) is 5.56 Å². The zero-order chi connectivity index (χ0) is 14.8. The Morgan fingerprint density at radius 1 is 1.20 bits per heavy atom. The molecule has 0 atom stereocenters. The second-order valence-electron chi connectivity index (χ2n) is 3.98. The summed E-state index contributed by atoms with van der Waals surface area (Å²) in [5, 5.41) is 9.30. The summed E-state index contributed by atoms with van der Waals surface area (Å²) in [6.07, 6.45) is 0. The molecule has 20 heavy (non-hydrogen) atoms. The first kappa shape index (κ1) is 14.2. The molecular weight excluding hydrogens is 298 g/mol. The van der Waals surface area contributed by atoms with E-state index >= 15 is 0 Å². The van der Waals surface area contributed by atoms with E-state index in [9.17, 15) is 8.42 Å². The van der Waals surface area contributed by atoms with Gasteiger partial charge in [-0.15, -0.1) is 0 Å². The maximum absolute atomic E-state index is 12.2. The lowest BCUT2D eigenvalue weighted by atomic mass is 10.2. The molecule has 0 aliphatic heterocycles. The van der Waals surface area contributed by atoms with Gasteiger partial charge in [-0.05, 0) is 36.4 Å². The average molecular weight is 308 g/mol. The van der Waals surface area contributed by atoms with Crippen LogP contribution in [0.4, 0.5) is 11.4 Å². The number of nitrogens with two attached hydrogens (primary N) is 1. The average Bonchev–Trinajstić information content (AvgIpc) is 2.38. The quantitative estimate of drug-likeness (QED) is 0.852. The van der Waals surface area contributed by atoms with E-state index in [1.165, 1.54) is 36.4 Å². The lowest BCUT2D eigenvalue weighted by Crippen LogP contribution is -2.14. The van der Waals surface area contributed by atoms with Crippen molar-refractivity contribution in [1.82, 2.24) is 0 Å². The lowest BCUT2D eigenvalue weighted by Gasteiger charge is -2.10. The van der Waals surface area contributed by atoms with Gasteiger partial charge in [-0.1, -0.05) is 17.7 Å². The van der Waals surface area contributed by atoms with Crippen LogP contribution >= 0.6 is 11.6 Å². The molecule has 0 aliphatic rings. The number of benzene rings is 2. The molecule has 7 heteroatoms. The van der Waals surface area contributed by atoms with Crippen LogP contribution in [0.25, 0.3) is 0 Å². The largest absolute Gasteiger partial charge is 0.399 e. The number of nitrogens with one attached hydrogen (secondary N) is 1. The van der Waals surface area contributed by atoms with Gasteiger partial charge in [0.05, 0.1) is 16.1 Å². The summed E-state index contributed by atoms with van der Waals surface area (Å²) in [4.78, 5) is 0.0152. The molecule has 0 unspecified atom stereocenters. The standard InChI is InChI=1S/C13H10ClN3O2S/c14-10-5-4-9(8-15)13(6-10)17-20(18,19)12-3-1-2-11(16)7-12/h1-7,17H,16H2. The molecule has 0 aromatic heterocycles. The van der Waals surface area contributed by atoms with Gasteiger partial charge in [-0.3, -0.25) is 4.72 Å². The fourth-order valence-corrected chi connectivity index (χ4v) is 2.88. The molecule has 3 N–H and O–H groups in total. The van der Waals surface area contributed by atoms with E-state index in [2.05, 4.69) is 4.72 Å².